The summed E-state index contributed by atoms with van der Waals surface area (Å²) in [6.07, 6.45) is -0.799. The maximum atomic E-state index is 13.0. The normalized spacial score (nSPS) is 26.5. The van der Waals surface area contributed by atoms with Crippen LogP contribution in [0.4, 0.5) is 8.78 Å². The van der Waals surface area contributed by atoms with Crippen molar-refractivity contribution in [1.29, 1.82) is 0 Å². The summed E-state index contributed by atoms with van der Waals surface area (Å²) in [6, 6.07) is 5.81. The molecule has 0 radical (unpaired) electrons. The zero-order chi connectivity index (χ0) is 20.9. The number of nitrogens with zero attached hydrogens (tertiary/aromatic N) is 1. The van der Waals surface area contributed by atoms with Crippen molar-refractivity contribution in [3.8, 4) is 0 Å². The summed E-state index contributed by atoms with van der Waals surface area (Å²) in [5.74, 6) is -7.31. The van der Waals surface area contributed by atoms with Crippen molar-refractivity contribution in [3.63, 3.8) is 0 Å². The van der Waals surface area contributed by atoms with Gasteiger partial charge in [0, 0.05) is 19.8 Å². The molecule has 1 aromatic rings. The van der Waals surface area contributed by atoms with Crippen LogP contribution in [0.2, 0.25) is 0 Å². The number of hydroxylamine groups is 2. The van der Waals surface area contributed by atoms with Crippen LogP contribution in [-0.4, -0.2) is 51.9 Å². The highest BCUT2D eigenvalue weighted by Crippen LogP contribution is 2.50. The quantitative estimate of drug-likeness (QED) is 0.568. The maximum absolute atomic E-state index is 13.0. The van der Waals surface area contributed by atoms with Gasteiger partial charge in [-0.05, 0) is 19.1 Å². The summed E-state index contributed by atoms with van der Waals surface area (Å²) < 4.78 is 26.1. The van der Waals surface area contributed by atoms with Crippen LogP contribution in [0.5, 0.6) is 0 Å². The van der Waals surface area contributed by atoms with E-state index in [1.165, 1.54) is 31.2 Å². The number of hydrogen-bond donors (Lipinski definition) is 2. The minimum atomic E-state index is -3.21. The standard InChI is InChI=1S/C18H18F2N2O6/c1-16(27)7-18(8-16,14(25)21-9-17(2,19)20)15(26)28-22-12(23)10-5-3-4-6-11(10)13(22)24/h3-6,27H,7-9H2,1-2H3,(H,21,25). The molecule has 1 fully saturated rings. The average Bonchev–Trinajstić information content (AvgIpc) is 2.81. The van der Waals surface area contributed by atoms with E-state index in [1.807, 2.05) is 5.32 Å². The molecule has 1 aliphatic carbocycles. The molecule has 28 heavy (non-hydrogen) atoms. The number of alkyl halides is 2. The van der Waals surface area contributed by atoms with Gasteiger partial charge in [0.15, 0.2) is 5.41 Å². The minimum absolute atomic E-state index is 0.0324. The topological polar surface area (TPSA) is 113 Å². The molecule has 0 unspecified atom stereocenters. The van der Waals surface area contributed by atoms with Gasteiger partial charge in [-0.3, -0.25) is 14.4 Å². The van der Waals surface area contributed by atoms with Crippen LogP contribution in [0.25, 0.3) is 0 Å². The van der Waals surface area contributed by atoms with Crippen LogP contribution in [0.3, 0.4) is 0 Å². The first kappa shape index (κ1) is 19.9. The van der Waals surface area contributed by atoms with Crippen molar-refractivity contribution in [2.75, 3.05) is 6.54 Å². The molecule has 3 rings (SSSR count). The molecule has 0 atom stereocenters. The monoisotopic (exact) mass is 396 g/mol. The van der Waals surface area contributed by atoms with Crippen LogP contribution in [0, 0.1) is 5.41 Å². The van der Waals surface area contributed by atoms with Gasteiger partial charge in [-0.15, -0.1) is 0 Å². The van der Waals surface area contributed by atoms with Crippen molar-refractivity contribution in [2.24, 2.45) is 5.41 Å². The number of fused-ring (bicyclic) bond motifs is 1. The molecule has 0 bridgehead atoms. The fourth-order valence-corrected chi connectivity index (χ4v) is 3.47. The van der Waals surface area contributed by atoms with Crippen molar-refractivity contribution >= 4 is 23.7 Å². The van der Waals surface area contributed by atoms with Gasteiger partial charge in [-0.25, -0.2) is 13.6 Å². The number of imide groups is 1. The zero-order valence-corrected chi connectivity index (χ0v) is 15.1. The highest BCUT2D eigenvalue weighted by atomic mass is 19.3. The van der Waals surface area contributed by atoms with E-state index >= 15 is 0 Å². The lowest BCUT2D eigenvalue weighted by molar-refractivity contribution is -0.206. The molecule has 2 aliphatic rings. The van der Waals surface area contributed by atoms with Gasteiger partial charge in [0.1, 0.15) is 0 Å². The molecular weight excluding hydrogens is 378 g/mol. The average molecular weight is 396 g/mol. The van der Waals surface area contributed by atoms with Crippen LogP contribution in [0.15, 0.2) is 24.3 Å². The lowest BCUT2D eigenvalue weighted by Gasteiger charge is -2.48. The van der Waals surface area contributed by atoms with E-state index in [2.05, 4.69) is 0 Å². The van der Waals surface area contributed by atoms with Crippen molar-refractivity contribution < 1.29 is 37.9 Å². The number of hydrogen-bond acceptors (Lipinski definition) is 6. The minimum Gasteiger partial charge on any atom is -0.390 e. The van der Waals surface area contributed by atoms with Crippen LogP contribution >= 0.6 is 0 Å². The summed E-state index contributed by atoms with van der Waals surface area (Å²) >= 11 is 0. The Bertz CT molecular complexity index is 834. The van der Waals surface area contributed by atoms with Gasteiger partial charge in [0.05, 0.1) is 23.3 Å². The number of carbonyl (C=O) groups is 4. The van der Waals surface area contributed by atoms with Gasteiger partial charge >= 0.3 is 5.97 Å². The number of aliphatic hydroxyl groups is 1. The number of rotatable bonds is 5. The molecule has 0 saturated heterocycles. The second-order valence-electron chi connectivity index (χ2n) is 7.51. The van der Waals surface area contributed by atoms with E-state index < -0.39 is 60.0 Å². The lowest BCUT2D eigenvalue weighted by Crippen LogP contribution is -2.63. The Labute approximate surface area is 158 Å². The maximum Gasteiger partial charge on any atom is 0.348 e. The molecule has 0 aromatic heterocycles. The van der Waals surface area contributed by atoms with E-state index in [-0.39, 0.29) is 16.2 Å². The van der Waals surface area contributed by atoms with E-state index in [4.69, 9.17) is 4.84 Å². The van der Waals surface area contributed by atoms with Gasteiger partial charge in [0.25, 0.3) is 17.7 Å². The number of halogens is 2. The van der Waals surface area contributed by atoms with Crippen LogP contribution in [0.1, 0.15) is 47.4 Å². The lowest BCUT2D eigenvalue weighted by atomic mass is 9.59. The molecule has 3 amide bonds. The van der Waals surface area contributed by atoms with Gasteiger partial charge in [-0.1, -0.05) is 17.2 Å². The van der Waals surface area contributed by atoms with Crippen LogP contribution in [-0.2, 0) is 14.4 Å². The molecule has 1 saturated carbocycles. The van der Waals surface area contributed by atoms with E-state index in [9.17, 15) is 33.1 Å². The number of carbonyl (C=O) groups excluding carboxylic acids is 4. The van der Waals surface area contributed by atoms with Crippen molar-refractivity contribution in [3.05, 3.63) is 35.4 Å². The van der Waals surface area contributed by atoms with Crippen LogP contribution < -0.4 is 5.32 Å². The smallest absolute Gasteiger partial charge is 0.348 e. The second kappa shape index (κ2) is 6.33. The molecular formula is C18H18F2N2O6. The Hall–Kier alpha value is -2.88. The van der Waals surface area contributed by atoms with E-state index in [0.29, 0.717) is 6.92 Å². The van der Waals surface area contributed by atoms with Gasteiger partial charge < -0.3 is 15.3 Å². The summed E-state index contributed by atoms with van der Waals surface area (Å²) in [5.41, 5.74) is -3.31. The van der Waals surface area contributed by atoms with E-state index in [0.717, 1.165) is 0 Å². The summed E-state index contributed by atoms with van der Waals surface area (Å²) in [4.78, 5) is 54.6. The molecule has 1 aromatic carbocycles. The first-order chi connectivity index (χ1) is 12.9. The number of amides is 3. The molecule has 1 aliphatic heterocycles. The summed E-state index contributed by atoms with van der Waals surface area (Å²) in [5, 5.41) is 12.2. The predicted octanol–water partition coefficient (Wildman–Crippen LogP) is 1.04. The fourth-order valence-electron chi connectivity index (χ4n) is 3.47. The molecule has 8 nitrogen and oxygen atoms in total. The Morgan fingerprint density at radius 1 is 1.21 bits per heavy atom. The third-order valence-corrected chi connectivity index (χ3v) is 4.68. The van der Waals surface area contributed by atoms with Crippen molar-refractivity contribution in [1.82, 2.24) is 10.4 Å². The zero-order valence-electron chi connectivity index (χ0n) is 15.1. The van der Waals surface area contributed by atoms with Gasteiger partial charge in [-0.2, -0.15) is 0 Å². The summed E-state index contributed by atoms with van der Waals surface area (Å²) in [6.45, 7) is 0.937. The third-order valence-electron chi connectivity index (χ3n) is 4.68. The largest absolute Gasteiger partial charge is 0.390 e. The van der Waals surface area contributed by atoms with E-state index in [1.54, 1.807) is 0 Å². The molecule has 10 heteroatoms. The Balaban J connectivity index is 1.79. The fraction of sp³-hybridized carbons (Fsp3) is 0.444. The SMILES string of the molecule is CC(F)(F)CNC(=O)C1(C(=O)ON2C(=O)c3ccccc3C2=O)CC(C)(O)C1. The van der Waals surface area contributed by atoms with Crippen molar-refractivity contribution in [2.45, 2.75) is 38.2 Å². The molecule has 150 valence electrons. The Morgan fingerprint density at radius 2 is 1.71 bits per heavy atom. The second-order valence-corrected chi connectivity index (χ2v) is 7.51. The molecule has 0 spiro atoms. The first-order valence-electron chi connectivity index (χ1n) is 8.45. The number of nitrogens with one attached hydrogen (secondary N) is 1. The Kier molecular flexibility index (Phi) is 4.49. The van der Waals surface area contributed by atoms with Gasteiger partial charge in [0.2, 0.25) is 5.91 Å². The molecule has 1 heterocycles. The predicted molar refractivity (Wildman–Crippen MR) is 89.0 cm³/mol. The summed E-state index contributed by atoms with van der Waals surface area (Å²) in [7, 11) is 0. The first-order valence-corrected chi connectivity index (χ1v) is 8.45. The highest BCUT2D eigenvalue weighted by molar-refractivity contribution is 6.21. The number of benzene rings is 1. The Morgan fingerprint density at radius 3 is 2.14 bits per heavy atom. The highest BCUT2D eigenvalue weighted by Gasteiger charge is 2.63. The third kappa shape index (κ3) is 3.35. The molecule has 2 N–H and O–H groups in total.